The molecule has 4 aliphatic rings. The predicted molar refractivity (Wildman–Crippen MR) is 265 cm³/mol. The summed E-state index contributed by atoms with van der Waals surface area (Å²) in [6, 6.07) is 19.3. The number of amides is 4. The fourth-order valence-electron chi connectivity index (χ4n) is 8.23. The van der Waals surface area contributed by atoms with Gasteiger partial charge in [-0.2, -0.15) is 9.78 Å². The first kappa shape index (κ1) is 49.7. The molecule has 2 fully saturated rings. The van der Waals surface area contributed by atoms with Crippen molar-refractivity contribution in [3.63, 3.8) is 0 Å². The summed E-state index contributed by atoms with van der Waals surface area (Å²) in [5, 5.41) is 0.914. The van der Waals surface area contributed by atoms with Gasteiger partial charge in [-0.3, -0.25) is 9.59 Å². The maximum absolute atomic E-state index is 13.6. The Kier molecular flexibility index (Phi) is 15.2. The molecule has 0 bridgehead atoms. The maximum atomic E-state index is 13.6. The SMILES string of the molecule is CC(C)(C)OC(=O)N1CCN(C(=O)/C=C/c2ccc(Sc3ccc(/C=C/C(=O)N4CCN(C(=O)OC(C)(C)C)CC4)c(-c4ccc5c(c4)CCOO5)c3Cl)c(Cl)c2-c2ccc3c(c2)CCOO3)CC1. The van der Waals surface area contributed by atoms with Crippen molar-refractivity contribution in [2.45, 2.75) is 75.4 Å². The molecule has 4 heterocycles. The molecule has 8 rings (SSSR count). The number of rotatable bonds is 8. The molecule has 0 aromatic heterocycles. The highest BCUT2D eigenvalue weighted by molar-refractivity contribution is 7.99. The molecule has 0 aliphatic carbocycles. The van der Waals surface area contributed by atoms with Crippen LogP contribution in [0.5, 0.6) is 11.5 Å². The average molecular weight is 1000 g/mol. The minimum Gasteiger partial charge on any atom is -0.444 e. The Balaban J connectivity index is 1.08. The number of fused-ring (bicyclic) bond motifs is 2. The summed E-state index contributed by atoms with van der Waals surface area (Å²) >= 11 is 16.3. The van der Waals surface area contributed by atoms with E-state index < -0.39 is 23.4 Å². The van der Waals surface area contributed by atoms with Crippen LogP contribution in [0.15, 0.2) is 82.6 Å². The van der Waals surface area contributed by atoms with Crippen molar-refractivity contribution >= 4 is 71.1 Å². The topological polar surface area (TPSA) is 137 Å². The first-order chi connectivity index (χ1) is 32.9. The van der Waals surface area contributed by atoms with Crippen molar-refractivity contribution in [1.29, 1.82) is 0 Å². The van der Waals surface area contributed by atoms with E-state index in [2.05, 4.69) is 0 Å². The van der Waals surface area contributed by atoms with Crippen molar-refractivity contribution in [3.05, 3.63) is 105 Å². The number of hydrogen-bond acceptors (Lipinski definition) is 11. The smallest absolute Gasteiger partial charge is 0.410 e. The van der Waals surface area contributed by atoms with E-state index in [1.807, 2.05) is 102 Å². The monoisotopic (exact) mass is 998 g/mol. The molecule has 364 valence electrons. The second-order valence-corrected chi connectivity index (χ2v) is 20.8. The van der Waals surface area contributed by atoms with Gasteiger partial charge < -0.3 is 38.8 Å². The quantitative estimate of drug-likeness (QED) is 0.123. The normalized spacial score (nSPS) is 16.5. The van der Waals surface area contributed by atoms with Crippen molar-refractivity contribution in [1.82, 2.24) is 19.6 Å². The van der Waals surface area contributed by atoms with Crippen LogP contribution in [-0.2, 0) is 41.7 Å². The van der Waals surface area contributed by atoms with E-state index in [9.17, 15) is 19.2 Å². The first-order valence-corrected chi connectivity index (χ1v) is 24.6. The summed E-state index contributed by atoms with van der Waals surface area (Å²) in [6.07, 6.45) is 7.14. The van der Waals surface area contributed by atoms with Crippen LogP contribution in [0, 0.1) is 0 Å². The zero-order valence-electron chi connectivity index (χ0n) is 39.6. The molecule has 0 unspecified atom stereocenters. The third kappa shape index (κ3) is 12.2. The Labute approximate surface area is 416 Å². The second kappa shape index (κ2) is 21.1. The van der Waals surface area contributed by atoms with E-state index >= 15 is 0 Å². The van der Waals surface area contributed by atoms with Crippen molar-refractivity contribution in [2.24, 2.45) is 0 Å². The third-order valence-corrected chi connectivity index (χ3v) is 13.8. The lowest BCUT2D eigenvalue weighted by Gasteiger charge is -2.35. The summed E-state index contributed by atoms with van der Waals surface area (Å²) in [5.74, 6) is 0.878. The Morgan fingerprint density at radius 1 is 0.551 bits per heavy atom. The molecule has 4 aliphatic heterocycles. The molecule has 69 heavy (non-hydrogen) atoms. The molecule has 4 aromatic carbocycles. The van der Waals surface area contributed by atoms with Crippen molar-refractivity contribution in [2.75, 3.05) is 65.6 Å². The Morgan fingerprint density at radius 3 is 1.30 bits per heavy atom. The molecule has 14 nitrogen and oxygen atoms in total. The van der Waals surface area contributed by atoms with E-state index in [4.69, 9.17) is 52.2 Å². The lowest BCUT2D eigenvalue weighted by molar-refractivity contribution is -0.215. The number of carbonyl (C=O) groups excluding carboxylic acids is 4. The van der Waals surface area contributed by atoms with Gasteiger partial charge in [0.2, 0.25) is 11.8 Å². The molecular formula is C52H56Cl2N4O10S. The average Bonchev–Trinajstić information content (AvgIpc) is 3.32. The number of ether oxygens (including phenoxy) is 2. The highest BCUT2D eigenvalue weighted by Crippen LogP contribution is 2.47. The van der Waals surface area contributed by atoms with Gasteiger partial charge in [0, 0.05) is 109 Å². The van der Waals surface area contributed by atoms with Gasteiger partial charge >= 0.3 is 12.2 Å². The number of nitrogens with zero attached hydrogens (tertiary/aromatic N) is 4. The number of carbonyl (C=O) groups is 4. The minimum absolute atomic E-state index is 0.187. The van der Waals surface area contributed by atoms with Gasteiger partial charge in [0.25, 0.3) is 0 Å². The lowest BCUT2D eigenvalue weighted by atomic mass is 9.96. The van der Waals surface area contributed by atoms with Crippen molar-refractivity contribution < 1.29 is 48.2 Å². The maximum Gasteiger partial charge on any atom is 0.410 e. The largest absolute Gasteiger partial charge is 0.444 e. The summed E-state index contributed by atoms with van der Waals surface area (Å²) in [7, 11) is 0. The second-order valence-electron chi connectivity index (χ2n) is 19.0. The fraction of sp³-hybridized carbons (Fsp3) is 0.385. The standard InChI is InChI=1S/C52H56Cl2N4O10S/c1-51(2,3)65-49(61)57-25-21-55(22-26-57)43(59)17-11-33-9-15-41(47(53)45(33)37-7-13-39-35(31-37)19-29-63-67-39)69-42-16-10-34(46(48(42)54)38-8-14-40-36(32-38)20-30-64-68-40)12-18-44(60)56-23-27-58(28-24-56)50(62)66-52(4,5)6/h7-18,31-32H,19-30H2,1-6H3/b17-11+,18-12+. The first-order valence-electron chi connectivity index (χ1n) is 23.0. The highest BCUT2D eigenvalue weighted by Gasteiger charge is 2.29. The van der Waals surface area contributed by atoms with Crippen LogP contribution in [0.25, 0.3) is 34.4 Å². The lowest BCUT2D eigenvalue weighted by Crippen LogP contribution is -2.51. The zero-order valence-corrected chi connectivity index (χ0v) is 41.9. The van der Waals surface area contributed by atoms with Crippen LogP contribution in [-0.4, -0.2) is 120 Å². The van der Waals surface area contributed by atoms with Crippen LogP contribution in [0.4, 0.5) is 9.59 Å². The molecule has 2 saturated heterocycles. The molecule has 0 atom stereocenters. The minimum atomic E-state index is -0.612. The molecule has 0 spiro atoms. The third-order valence-electron chi connectivity index (χ3n) is 11.7. The predicted octanol–water partition coefficient (Wildman–Crippen LogP) is 10.4. The van der Waals surface area contributed by atoms with Gasteiger partial charge in [-0.15, -0.1) is 0 Å². The summed E-state index contributed by atoms with van der Waals surface area (Å²) in [5.41, 5.74) is 5.23. The number of halogens is 2. The van der Waals surface area contributed by atoms with E-state index in [1.165, 1.54) is 11.8 Å². The summed E-state index contributed by atoms with van der Waals surface area (Å²) in [6.45, 7) is 14.7. The van der Waals surface area contributed by atoms with Gasteiger partial charge in [-0.1, -0.05) is 59.2 Å². The zero-order chi connectivity index (χ0) is 49.0. The van der Waals surface area contributed by atoms with E-state index in [-0.39, 0.29) is 11.8 Å². The highest BCUT2D eigenvalue weighted by atomic mass is 35.5. The molecule has 4 aromatic rings. The molecule has 0 N–H and O–H groups in total. The van der Waals surface area contributed by atoms with E-state index in [0.29, 0.717) is 111 Å². The summed E-state index contributed by atoms with van der Waals surface area (Å²) in [4.78, 5) is 82.0. The van der Waals surface area contributed by atoms with Gasteiger partial charge in [0.15, 0.2) is 11.5 Å². The molecule has 17 heteroatoms. The van der Waals surface area contributed by atoms with Gasteiger partial charge in [-0.25, -0.2) is 9.59 Å². The van der Waals surface area contributed by atoms with E-state index in [0.717, 1.165) is 43.2 Å². The number of hydrogen-bond donors (Lipinski definition) is 0. The van der Waals surface area contributed by atoms with E-state index in [1.54, 1.807) is 43.9 Å². The van der Waals surface area contributed by atoms with Gasteiger partial charge in [0.1, 0.15) is 11.2 Å². The Hall–Kier alpha value is -5.71. The van der Waals surface area contributed by atoms with Crippen LogP contribution in [0.3, 0.4) is 0 Å². The molecular weight excluding hydrogens is 944 g/mol. The Bertz CT molecular complexity index is 2500. The fourth-order valence-corrected chi connectivity index (χ4v) is 9.91. The molecule has 0 saturated carbocycles. The van der Waals surface area contributed by atoms with Gasteiger partial charge in [-0.05, 0) is 112 Å². The molecule has 4 amide bonds. The molecule has 0 radical (unpaired) electrons. The van der Waals surface area contributed by atoms with Crippen LogP contribution in [0.1, 0.15) is 63.8 Å². The number of benzene rings is 4. The van der Waals surface area contributed by atoms with Crippen LogP contribution >= 0.6 is 35.0 Å². The van der Waals surface area contributed by atoms with Gasteiger partial charge in [0.05, 0.1) is 23.3 Å². The van der Waals surface area contributed by atoms with Crippen LogP contribution < -0.4 is 9.78 Å². The number of piperazine rings is 2. The van der Waals surface area contributed by atoms with Crippen LogP contribution in [0.2, 0.25) is 10.0 Å². The summed E-state index contributed by atoms with van der Waals surface area (Å²) < 4.78 is 11.1. The van der Waals surface area contributed by atoms with Crippen molar-refractivity contribution in [3.8, 4) is 33.8 Å². The Morgan fingerprint density at radius 2 is 0.928 bits per heavy atom.